The summed E-state index contributed by atoms with van der Waals surface area (Å²) in [6.45, 7) is 4.42. The van der Waals surface area contributed by atoms with Crippen LogP contribution in [0, 0.1) is 23.5 Å². The molecule has 0 saturated heterocycles. The van der Waals surface area contributed by atoms with Gasteiger partial charge in [0.2, 0.25) is 11.8 Å². The lowest BCUT2D eigenvalue weighted by atomic mass is 9.81. The van der Waals surface area contributed by atoms with Crippen molar-refractivity contribution in [1.82, 2.24) is 25.3 Å². The van der Waals surface area contributed by atoms with Gasteiger partial charge in [-0.15, -0.1) is 0 Å². The number of aromatic nitrogens is 4. The first-order valence-corrected chi connectivity index (χ1v) is 15.6. The highest BCUT2D eigenvalue weighted by molar-refractivity contribution is 5.98. The van der Waals surface area contributed by atoms with Crippen LogP contribution in [0.4, 0.5) is 14.5 Å². The molecule has 10 nitrogen and oxygen atoms in total. The van der Waals surface area contributed by atoms with Gasteiger partial charge in [-0.1, -0.05) is 38.1 Å². The molecule has 12 heteroatoms. The van der Waals surface area contributed by atoms with E-state index in [1.165, 1.54) is 0 Å². The molecule has 1 atom stereocenters. The molecule has 46 heavy (non-hydrogen) atoms. The van der Waals surface area contributed by atoms with E-state index in [-0.39, 0.29) is 40.9 Å². The zero-order valence-corrected chi connectivity index (χ0v) is 25.7. The first-order chi connectivity index (χ1) is 22.1. The number of anilines is 1. The molecule has 0 bridgehead atoms. The quantitative estimate of drug-likeness (QED) is 0.131. The number of carbonyl (C=O) groups excluding carboxylic acids is 2. The summed E-state index contributed by atoms with van der Waals surface area (Å²) in [6, 6.07) is 12.4. The lowest BCUT2D eigenvalue weighted by Crippen LogP contribution is -2.48. The number of imidazole rings is 2. The number of hydrogen-bond acceptors (Lipinski definition) is 5. The number of aromatic amines is 3. The van der Waals surface area contributed by atoms with E-state index in [1.54, 1.807) is 48.5 Å². The van der Waals surface area contributed by atoms with Crippen molar-refractivity contribution in [2.75, 3.05) is 11.9 Å². The summed E-state index contributed by atoms with van der Waals surface area (Å²) >= 11 is 0. The van der Waals surface area contributed by atoms with Gasteiger partial charge in [0.05, 0.1) is 16.6 Å². The van der Waals surface area contributed by atoms with Crippen molar-refractivity contribution in [3.8, 4) is 11.1 Å². The second-order valence-corrected chi connectivity index (χ2v) is 12.5. The Hall–Kier alpha value is -4.84. The number of H-pyrrole nitrogens is 3. The first-order valence-electron chi connectivity index (χ1n) is 15.6. The van der Waals surface area contributed by atoms with Crippen molar-refractivity contribution in [3.63, 3.8) is 0 Å². The molecule has 1 aliphatic carbocycles. The van der Waals surface area contributed by atoms with Crippen molar-refractivity contribution in [1.29, 1.82) is 0 Å². The summed E-state index contributed by atoms with van der Waals surface area (Å²) < 4.78 is 30.1. The number of amides is 2. The molecule has 5 aromatic rings. The summed E-state index contributed by atoms with van der Waals surface area (Å²) in [5.74, 6) is -1.84. The van der Waals surface area contributed by atoms with Crippen molar-refractivity contribution >= 4 is 39.6 Å². The Morgan fingerprint density at radius 2 is 1.65 bits per heavy atom. The molecule has 1 saturated carbocycles. The highest BCUT2D eigenvalue weighted by atomic mass is 19.2. The number of carbonyl (C=O) groups is 2. The summed E-state index contributed by atoms with van der Waals surface area (Å²) in [7, 11) is 0. The maximum atomic E-state index is 15.2. The summed E-state index contributed by atoms with van der Waals surface area (Å²) in [5.41, 5.74) is 8.68. The van der Waals surface area contributed by atoms with Gasteiger partial charge in [-0.05, 0) is 73.5 Å². The van der Waals surface area contributed by atoms with E-state index < -0.39 is 23.6 Å². The molecule has 1 fully saturated rings. The third kappa shape index (κ3) is 6.43. The number of nitrogens with zero attached hydrogens (tertiary/aromatic N) is 1. The number of nitrogens with two attached hydrogens (primary N) is 1. The number of halogens is 2. The first kappa shape index (κ1) is 31.2. The van der Waals surface area contributed by atoms with Gasteiger partial charge in [-0.2, -0.15) is 0 Å². The number of fused-ring (bicyclic) bond motifs is 2. The maximum Gasteiger partial charge on any atom is 0.323 e. The molecular formula is C34H37F2N7O3. The van der Waals surface area contributed by atoms with Crippen LogP contribution in [0.3, 0.4) is 0 Å². The van der Waals surface area contributed by atoms with Crippen molar-refractivity contribution in [2.45, 2.75) is 57.9 Å². The molecule has 2 aromatic heterocycles. The second kappa shape index (κ2) is 12.9. The van der Waals surface area contributed by atoms with Gasteiger partial charge < -0.3 is 31.3 Å². The number of rotatable bonds is 9. The van der Waals surface area contributed by atoms with Gasteiger partial charge in [0.15, 0.2) is 11.6 Å². The van der Waals surface area contributed by atoms with Crippen LogP contribution in [0.15, 0.2) is 53.3 Å². The van der Waals surface area contributed by atoms with E-state index in [1.807, 2.05) is 13.8 Å². The molecule has 240 valence electrons. The molecule has 0 aliphatic heterocycles. The van der Waals surface area contributed by atoms with E-state index in [0.29, 0.717) is 64.5 Å². The normalized spacial score (nSPS) is 17.4. The Bertz CT molecular complexity index is 1950. The van der Waals surface area contributed by atoms with E-state index in [2.05, 4.69) is 30.6 Å². The molecule has 2 amide bonds. The van der Waals surface area contributed by atoms with Crippen LogP contribution in [0.1, 0.15) is 56.8 Å². The highest BCUT2D eigenvalue weighted by Crippen LogP contribution is 2.32. The topological polar surface area (TPSA) is 162 Å². The molecule has 2 heterocycles. The fraction of sp³-hybridized carbons (Fsp3) is 0.353. The van der Waals surface area contributed by atoms with Crippen LogP contribution < -0.4 is 22.1 Å². The van der Waals surface area contributed by atoms with Crippen molar-refractivity contribution in [3.05, 3.63) is 82.0 Å². The Balaban J connectivity index is 1.23. The molecule has 1 aliphatic rings. The molecule has 6 rings (SSSR count). The smallest absolute Gasteiger partial charge is 0.323 e. The van der Waals surface area contributed by atoms with Gasteiger partial charge in [-0.3, -0.25) is 9.59 Å². The predicted molar refractivity (Wildman–Crippen MR) is 173 cm³/mol. The zero-order valence-electron chi connectivity index (χ0n) is 25.7. The van der Waals surface area contributed by atoms with Gasteiger partial charge >= 0.3 is 5.69 Å². The minimum absolute atomic E-state index is 0.0183. The summed E-state index contributed by atoms with van der Waals surface area (Å²) in [6.07, 6.45) is 3.29. The zero-order chi connectivity index (χ0) is 32.5. The fourth-order valence-electron chi connectivity index (χ4n) is 6.15. The Morgan fingerprint density at radius 3 is 2.35 bits per heavy atom. The van der Waals surface area contributed by atoms with Crippen molar-refractivity contribution in [2.24, 2.45) is 17.6 Å². The predicted octanol–water partition coefficient (Wildman–Crippen LogP) is 5.23. The SMILES string of the molecule is CC(C)c1nc2c(F)c(F)c(-c3ccc(CC(NC(=O)C4CCC(CN)CC4)C(=O)Nc4ccc5[nH]c(=O)[nH]c5c4)cc3)cc2[nH]1. The summed E-state index contributed by atoms with van der Waals surface area (Å²) in [4.78, 5) is 51.2. The van der Waals surface area contributed by atoms with Crippen LogP contribution >= 0.6 is 0 Å². The lowest BCUT2D eigenvalue weighted by Gasteiger charge is -2.28. The second-order valence-electron chi connectivity index (χ2n) is 12.5. The van der Waals surface area contributed by atoms with Gasteiger partial charge in [-0.25, -0.2) is 18.6 Å². The molecule has 0 radical (unpaired) electrons. The van der Waals surface area contributed by atoms with E-state index in [4.69, 9.17) is 5.73 Å². The van der Waals surface area contributed by atoms with Gasteiger partial charge in [0.1, 0.15) is 17.4 Å². The van der Waals surface area contributed by atoms with Gasteiger partial charge in [0, 0.05) is 29.5 Å². The van der Waals surface area contributed by atoms with E-state index >= 15 is 4.39 Å². The minimum Gasteiger partial charge on any atom is -0.344 e. The Morgan fingerprint density at radius 1 is 0.935 bits per heavy atom. The highest BCUT2D eigenvalue weighted by Gasteiger charge is 2.29. The van der Waals surface area contributed by atoms with Crippen LogP contribution in [-0.4, -0.2) is 44.3 Å². The van der Waals surface area contributed by atoms with Crippen molar-refractivity contribution < 1.29 is 18.4 Å². The van der Waals surface area contributed by atoms with Crippen LogP contribution in [0.2, 0.25) is 0 Å². The van der Waals surface area contributed by atoms with Crippen LogP contribution in [-0.2, 0) is 16.0 Å². The largest absolute Gasteiger partial charge is 0.344 e. The van der Waals surface area contributed by atoms with E-state index in [9.17, 15) is 18.8 Å². The third-order valence-electron chi connectivity index (χ3n) is 8.89. The van der Waals surface area contributed by atoms with E-state index in [0.717, 1.165) is 12.8 Å². The average molecular weight is 630 g/mol. The number of benzene rings is 3. The minimum atomic E-state index is -1.01. The summed E-state index contributed by atoms with van der Waals surface area (Å²) in [5, 5.41) is 5.82. The van der Waals surface area contributed by atoms with Gasteiger partial charge in [0.25, 0.3) is 0 Å². The lowest BCUT2D eigenvalue weighted by molar-refractivity contribution is -0.130. The maximum absolute atomic E-state index is 15.2. The Labute approximate surface area is 263 Å². The number of hydrogen-bond donors (Lipinski definition) is 6. The van der Waals surface area contributed by atoms with Crippen LogP contribution in [0.25, 0.3) is 33.2 Å². The Kier molecular flexibility index (Phi) is 8.72. The average Bonchev–Trinajstić information content (AvgIpc) is 3.65. The standard InChI is InChI=1S/C34H37F2N7O3/c1-17(2)31-39-26-15-23(28(35)29(36)30(26)43-31)20-7-3-18(4-8-20)13-27(40-32(44)21-9-5-19(16-37)6-10-21)33(45)38-22-11-12-24-25(14-22)42-34(46)41-24/h3-4,7-8,11-12,14-15,17,19,21,27H,5-6,9-10,13,16,37H2,1-2H3,(H,38,45)(H,39,43)(H,40,44)(H2,41,42,46). The third-order valence-corrected chi connectivity index (χ3v) is 8.89. The molecule has 1 unspecified atom stereocenters. The molecule has 7 N–H and O–H groups in total. The van der Waals surface area contributed by atoms with Crippen LogP contribution in [0.5, 0.6) is 0 Å². The molecule has 0 spiro atoms. The monoisotopic (exact) mass is 629 g/mol. The molecule has 3 aromatic carbocycles. The molecular weight excluding hydrogens is 592 g/mol. The fourth-order valence-corrected chi connectivity index (χ4v) is 6.15. The number of nitrogens with one attached hydrogen (secondary N) is 5.